The first-order chi connectivity index (χ1) is 11.8. The van der Waals surface area contributed by atoms with E-state index in [1.165, 1.54) is 0 Å². The quantitative estimate of drug-likeness (QED) is 0.548. The highest BCUT2D eigenvalue weighted by atomic mass is 32.1. The molecule has 1 N–H and O–H groups in total. The summed E-state index contributed by atoms with van der Waals surface area (Å²) in [4.78, 5) is 10.3. The Labute approximate surface area is 147 Å². The molecule has 0 fully saturated rings. The van der Waals surface area contributed by atoms with Crippen LogP contribution >= 0.6 is 22.7 Å². The maximum atomic E-state index is 5.66. The minimum atomic E-state index is 0.632. The fraction of sp³-hybridized carbons (Fsp3) is 0.176. The lowest BCUT2D eigenvalue weighted by Crippen LogP contribution is -1.97. The van der Waals surface area contributed by atoms with Crippen LogP contribution in [0.1, 0.15) is 12.6 Å². The molecule has 0 atom stereocenters. The highest BCUT2D eigenvalue weighted by molar-refractivity contribution is 7.15. The van der Waals surface area contributed by atoms with E-state index in [1.54, 1.807) is 22.7 Å². The molecule has 0 bridgehead atoms. The first-order valence-electron chi connectivity index (χ1n) is 7.63. The van der Waals surface area contributed by atoms with Gasteiger partial charge in [0.1, 0.15) is 11.4 Å². The molecule has 7 heteroatoms. The molecule has 0 saturated carbocycles. The van der Waals surface area contributed by atoms with Crippen molar-refractivity contribution in [1.82, 2.24) is 14.4 Å². The molecule has 4 rings (SSSR count). The van der Waals surface area contributed by atoms with E-state index in [1.807, 2.05) is 49.7 Å². The van der Waals surface area contributed by atoms with Crippen LogP contribution in [0.15, 0.2) is 41.2 Å². The maximum Gasteiger partial charge on any atom is 0.194 e. The number of rotatable bonds is 5. The van der Waals surface area contributed by atoms with Gasteiger partial charge in [-0.2, -0.15) is 0 Å². The summed E-state index contributed by atoms with van der Waals surface area (Å²) in [6.45, 7) is 4.63. The van der Waals surface area contributed by atoms with E-state index in [0.717, 1.165) is 38.6 Å². The molecule has 0 aliphatic carbocycles. The van der Waals surface area contributed by atoms with E-state index in [2.05, 4.69) is 20.1 Å². The van der Waals surface area contributed by atoms with Gasteiger partial charge in [-0.1, -0.05) is 12.1 Å². The van der Waals surface area contributed by atoms with Gasteiger partial charge in [-0.15, -0.1) is 22.7 Å². The molecular formula is C17H16N4OS2. The number of nitrogens with one attached hydrogen (secondary N) is 1. The van der Waals surface area contributed by atoms with Gasteiger partial charge < -0.3 is 10.1 Å². The summed E-state index contributed by atoms with van der Waals surface area (Å²) in [5, 5.41) is 8.28. The van der Waals surface area contributed by atoms with Crippen LogP contribution in [0.25, 0.3) is 16.3 Å². The van der Waals surface area contributed by atoms with Gasteiger partial charge in [0.05, 0.1) is 23.7 Å². The van der Waals surface area contributed by atoms with Crippen LogP contribution in [0.4, 0.5) is 10.8 Å². The van der Waals surface area contributed by atoms with Crippen molar-refractivity contribution in [2.45, 2.75) is 13.8 Å². The molecule has 0 aliphatic rings. The molecule has 122 valence electrons. The first kappa shape index (κ1) is 15.2. The number of imidazole rings is 1. The molecule has 0 saturated heterocycles. The number of hydrogen-bond donors (Lipinski definition) is 1. The summed E-state index contributed by atoms with van der Waals surface area (Å²) < 4.78 is 7.75. The van der Waals surface area contributed by atoms with E-state index in [4.69, 9.17) is 9.72 Å². The van der Waals surface area contributed by atoms with E-state index >= 15 is 0 Å². The molecule has 3 heterocycles. The summed E-state index contributed by atoms with van der Waals surface area (Å²) in [6, 6.07) is 7.89. The molecule has 3 aromatic heterocycles. The van der Waals surface area contributed by atoms with Crippen LogP contribution in [0, 0.1) is 6.92 Å². The largest absolute Gasteiger partial charge is 0.492 e. The van der Waals surface area contributed by atoms with Crippen LogP contribution in [-0.2, 0) is 0 Å². The summed E-state index contributed by atoms with van der Waals surface area (Å²) in [6.07, 6.45) is 2.03. The maximum absolute atomic E-state index is 5.66. The Morgan fingerprint density at radius 2 is 2.08 bits per heavy atom. The number of hydrogen-bond acceptors (Lipinski definition) is 6. The van der Waals surface area contributed by atoms with Gasteiger partial charge >= 0.3 is 0 Å². The third kappa shape index (κ3) is 2.65. The van der Waals surface area contributed by atoms with Crippen LogP contribution in [0.5, 0.6) is 5.75 Å². The van der Waals surface area contributed by atoms with Gasteiger partial charge in [0.2, 0.25) is 0 Å². The predicted molar refractivity (Wildman–Crippen MR) is 99.8 cm³/mol. The first-order valence-corrected chi connectivity index (χ1v) is 9.39. The second kappa shape index (κ2) is 6.26. The lowest BCUT2D eigenvalue weighted by molar-refractivity contribution is 0.342. The summed E-state index contributed by atoms with van der Waals surface area (Å²) >= 11 is 3.20. The SMILES string of the molecule is CCOc1ccccc1Nc1nc(-c2c(C)nc3sccn23)cs1. The van der Waals surface area contributed by atoms with Gasteiger partial charge in [-0.05, 0) is 26.0 Å². The number of thiazole rings is 2. The number of para-hydroxylation sites is 2. The molecular weight excluding hydrogens is 340 g/mol. The Morgan fingerprint density at radius 1 is 1.21 bits per heavy atom. The Bertz CT molecular complexity index is 985. The van der Waals surface area contributed by atoms with Crippen molar-refractivity contribution in [3.63, 3.8) is 0 Å². The fourth-order valence-corrected chi connectivity index (χ4v) is 4.08. The number of benzene rings is 1. The van der Waals surface area contributed by atoms with Crippen molar-refractivity contribution in [1.29, 1.82) is 0 Å². The lowest BCUT2D eigenvalue weighted by atomic mass is 10.3. The zero-order valence-corrected chi connectivity index (χ0v) is 14.9. The smallest absolute Gasteiger partial charge is 0.194 e. The third-order valence-electron chi connectivity index (χ3n) is 3.61. The zero-order chi connectivity index (χ0) is 16.5. The molecule has 0 radical (unpaired) electrons. The number of ether oxygens (including phenoxy) is 1. The number of anilines is 2. The zero-order valence-electron chi connectivity index (χ0n) is 13.3. The summed E-state index contributed by atoms with van der Waals surface area (Å²) in [7, 11) is 0. The number of aromatic nitrogens is 3. The van der Waals surface area contributed by atoms with Crippen molar-refractivity contribution in [2.75, 3.05) is 11.9 Å². The van der Waals surface area contributed by atoms with Crippen molar-refractivity contribution >= 4 is 38.5 Å². The average molecular weight is 356 g/mol. The van der Waals surface area contributed by atoms with E-state index < -0.39 is 0 Å². The minimum Gasteiger partial charge on any atom is -0.492 e. The second-order valence-corrected chi connectivity index (χ2v) is 6.92. The average Bonchev–Trinajstić information content (AvgIpc) is 3.26. The lowest BCUT2D eigenvalue weighted by Gasteiger charge is -2.09. The van der Waals surface area contributed by atoms with Crippen molar-refractivity contribution in [3.05, 3.63) is 46.9 Å². The second-order valence-electron chi connectivity index (χ2n) is 5.19. The molecule has 0 unspecified atom stereocenters. The Balaban J connectivity index is 1.66. The van der Waals surface area contributed by atoms with Crippen LogP contribution < -0.4 is 10.1 Å². The normalized spacial score (nSPS) is 11.1. The van der Waals surface area contributed by atoms with E-state index in [0.29, 0.717) is 6.61 Å². The fourth-order valence-electron chi connectivity index (χ4n) is 2.61. The highest BCUT2D eigenvalue weighted by Crippen LogP contribution is 2.33. The van der Waals surface area contributed by atoms with Crippen LogP contribution in [0.2, 0.25) is 0 Å². The molecule has 1 aromatic carbocycles. The standard InChI is InChI=1S/C17H16N4OS2/c1-3-22-14-7-5-4-6-12(14)19-16-20-13(10-24-16)15-11(2)18-17-21(15)8-9-23-17/h4-10H,3H2,1-2H3,(H,19,20). The van der Waals surface area contributed by atoms with E-state index in [9.17, 15) is 0 Å². The topological polar surface area (TPSA) is 51.5 Å². The van der Waals surface area contributed by atoms with Crippen LogP contribution in [0.3, 0.4) is 0 Å². The molecule has 0 spiro atoms. The molecule has 5 nitrogen and oxygen atoms in total. The van der Waals surface area contributed by atoms with Gasteiger partial charge in [0, 0.05) is 17.0 Å². The number of nitrogens with zero attached hydrogens (tertiary/aromatic N) is 3. The molecule has 0 aliphatic heterocycles. The number of aryl methyl sites for hydroxylation is 1. The van der Waals surface area contributed by atoms with Gasteiger partial charge in [0.25, 0.3) is 0 Å². The summed E-state index contributed by atoms with van der Waals surface area (Å²) in [5.74, 6) is 0.831. The van der Waals surface area contributed by atoms with Gasteiger partial charge in [-0.3, -0.25) is 4.40 Å². The summed E-state index contributed by atoms with van der Waals surface area (Å²) in [5.41, 5.74) is 3.90. The Hall–Kier alpha value is -2.38. The molecule has 0 amide bonds. The van der Waals surface area contributed by atoms with Gasteiger partial charge in [-0.25, -0.2) is 9.97 Å². The Kier molecular flexibility index (Phi) is 3.95. The predicted octanol–water partition coefficient (Wildman–Crippen LogP) is 4.97. The Morgan fingerprint density at radius 3 is 2.96 bits per heavy atom. The van der Waals surface area contributed by atoms with Crippen LogP contribution in [-0.4, -0.2) is 21.0 Å². The monoisotopic (exact) mass is 356 g/mol. The molecule has 4 aromatic rings. The number of fused-ring (bicyclic) bond motifs is 1. The highest BCUT2D eigenvalue weighted by Gasteiger charge is 2.15. The van der Waals surface area contributed by atoms with Crippen molar-refractivity contribution in [3.8, 4) is 17.1 Å². The third-order valence-corrected chi connectivity index (χ3v) is 5.13. The molecule has 24 heavy (non-hydrogen) atoms. The van der Waals surface area contributed by atoms with Crippen molar-refractivity contribution < 1.29 is 4.74 Å². The van der Waals surface area contributed by atoms with Crippen molar-refractivity contribution in [2.24, 2.45) is 0 Å². The van der Waals surface area contributed by atoms with E-state index in [-0.39, 0.29) is 0 Å². The minimum absolute atomic E-state index is 0.632. The van der Waals surface area contributed by atoms with Gasteiger partial charge in [0.15, 0.2) is 10.1 Å².